The van der Waals surface area contributed by atoms with Crippen molar-refractivity contribution in [3.8, 4) is 11.4 Å². The third-order valence-corrected chi connectivity index (χ3v) is 7.98. The van der Waals surface area contributed by atoms with Gasteiger partial charge in [-0.25, -0.2) is 0 Å². The van der Waals surface area contributed by atoms with E-state index in [9.17, 15) is 4.79 Å². The number of carbonyl (C=O) groups is 1. The number of carbonyl (C=O) groups excluding carboxylic acids is 1. The highest BCUT2D eigenvalue weighted by atomic mass is 32.2. The van der Waals surface area contributed by atoms with Crippen LogP contribution in [0, 0.1) is 47.5 Å². The molecule has 3 aromatic rings. The van der Waals surface area contributed by atoms with Crippen molar-refractivity contribution in [2.45, 2.75) is 66.1 Å². The maximum Gasteiger partial charge on any atom is 0.336 e. The molecule has 168 valence electrons. The van der Waals surface area contributed by atoms with Crippen LogP contribution in [0.1, 0.15) is 63.3 Å². The smallest absolute Gasteiger partial charge is 0.285 e. The van der Waals surface area contributed by atoms with E-state index in [2.05, 4.69) is 93.6 Å². The molecule has 0 radical (unpaired) electrons. The Morgan fingerprint density at radius 3 is 2.00 bits per heavy atom. The van der Waals surface area contributed by atoms with Gasteiger partial charge >= 0.3 is 5.82 Å². The van der Waals surface area contributed by atoms with Gasteiger partial charge in [0.15, 0.2) is 0 Å². The summed E-state index contributed by atoms with van der Waals surface area (Å²) in [6.07, 6.45) is 9.41. The van der Waals surface area contributed by atoms with E-state index in [1.165, 1.54) is 33.4 Å². The van der Waals surface area contributed by atoms with Gasteiger partial charge in [-0.1, -0.05) is 35.4 Å². The Bertz CT molecular complexity index is 1070. The van der Waals surface area contributed by atoms with Crippen LogP contribution in [0.15, 0.2) is 36.7 Å². The molecule has 4 heteroatoms. The summed E-state index contributed by atoms with van der Waals surface area (Å²) >= 11 is 1.90. The fourth-order valence-electron chi connectivity index (χ4n) is 5.67. The fraction of sp³-hybridized carbons (Fsp3) is 0.429. The zero-order valence-corrected chi connectivity index (χ0v) is 21.3. The van der Waals surface area contributed by atoms with E-state index in [1.807, 2.05) is 11.8 Å². The van der Waals surface area contributed by atoms with Crippen LogP contribution in [-0.4, -0.2) is 21.9 Å². The second kappa shape index (κ2) is 8.90. The molecule has 32 heavy (non-hydrogen) atoms. The molecule has 1 heterocycles. The van der Waals surface area contributed by atoms with Crippen molar-refractivity contribution >= 4 is 17.5 Å². The number of imidazole rings is 1. The highest BCUT2D eigenvalue weighted by Gasteiger charge is 2.38. The first-order valence-electron chi connectivity index (χ1n) is 11.6. The Labute approximate surface area is 196 Å². The van der Waals surface area contributed by atoms with E-state index in [4.69, 9.17) is 0 Å². The van der Waals surface area contributed by atoms with E-state index in [-0.39, 0.29) is 11.7 Å². The predicted molar refractivity (Wildman–Crippen MR) is 135 cm³/mol. The Balaban J connectivity index is 1.95. The number of ketones is 1. The number of hydrogen-bond acceptors (Lipinski definition) is 2. The highest BCUT2D eigenvalue weighted by molar-refractivity contribution is 7.99. The lowest BCUT2D eigenvalue weighted by Gasteiger charge is -2.14. The lowest BCUT2D eigenvalue weighted by atomic mass is 10.00. The summed E-state index contributed by atoms with van der Waals surface area (Å²) in [4.78, 5) is 14.1. The van der Waals surface area contributed by atoms with Gasteiger partial charge in [0, 0.05) is 11.2 Å². The van der Waals surface area contributed by atoms with Gasteiger partial charge in [0.2, 0.25) is 5.78 Å². The van der Waals surface area contributed by atoms with Crippen molar-refractivity contribution < 1.29 is 9.36 Å². The van der Waals surface area contributed by atoms with Crippen LogP contribution >= 0.6 is 11.8 Å². The number of aromatic nitrogens is 2. The molecule has 4 rings (SSSR count). The minimum Gasteiger partial charge on any atom is -0.285 e. The van der Waals surface area contributed by atoms with Crippen LogP contribution in [0.2, 0.25) is 0 Å². The van der Waals surface area contributed by atoms with Gasteiger partial charge in [0.05, 0.1) is 0 Å². The zero-order chi connectivity index (χ0) is 23.2. The third kappa shape index (κ3) is 4.05. The summed E-state index contributed by atoms with van der Waals surface area (Å²) < 4.78 is 4.30. The van der Waals surface area contributed by atoms with E-state index in [1.54, 1.807) is 0 Å². The molecule has 1 fully saturated rings. The average Bonchev–Trinajstić information content (AvgIpc) is 3.34. The molecule has 1 saturated carbocycles. The number of benzene rings is 2. The summed E-state index contributed by atoms with van der Waals surface area (Å²) in [5.41, 5.74) is 9.55. The molecule has 2 aromatic carbocycles. The average molecular weight is 448 g/mol. The molecule has 2 atom stereocenters. The lowest BCUT2D eigenvalue weighted by Crippen LogP contribution is -2.40. The lowest BCUT2D eigenvalue weighted by molar-refractivity contribution is -0.598. The molecule has 0 N–H and O–H groups in total. The molecule has 0 bridgehead atoms. The van der Waals surface area contributed by atoms with Crippen LogP contribution in [0.5, 0.6) is 0 Å². The van der Waals surface area contributed by atoms with Crippen molar-refractivity contribution in [2.24, 2.45) is 5.92 Å². The minimum atomic E-state index is 0.0875. The molecule has 1 aliphatic rings. The topological polar surface area (TPSA) is 25.9 Å². The van der Waals surface area contributed by atoms with Gasteiger partial charge in [0.25, 0.3) is 0 Å². The number of Topliss-reactive ketones (excluding diaryl/α,β-unsaturated/α-hetero) is 1. The molecule has 0 unspecified atom stereocenters. The van der Waals surface area contributed by atoms with Gasteiger partial charge in [-0.3, -0.25) is 4.79 Å². The summed E-state index contributed by atoms with van der Waals surface area (Å²) in [5.74, 6) is 1.14. The van der Waals surface area contributed by atoms with E-state index in [0.29, 0.717) is 5.25 Å². The van der Waals surface area contributed by atoms with Crippen molar-refractivity contribution in [2.75, 3.05) is 6.26 Å². The number of thioether (sulfide) groups is 1. The molecule has 0 saturated heterocycles. The summed E-state index contributed by atoms with van der Waals surface area (Å²) in [6, 6.07) is 8.84. The molecule has 3 nitrogen and oxygen atoms in total. The molecular formula is C28H35N2OS+. The third-order valence-electron chi connectivity index (χ3n) is 6.88. The molecule has 1 aliphatic carbocycles. The second-order valence-electron chi connectivity index (χ2n) is 9.59. The van der Waals surface area contributed by atoms with Crippen LogP contribution < -0.4 is 4.57 Å². The van der Waals surface area contributed by atoms with Gasteiger partial charge < -0.3 is 0 Å². The number of rotatable bonds is 5. The minimum absolute atomic E-state index is 0.0875. The van der Waals surface area contributed by atoms with Gasteiger partial charge in [-0.2, -0.15) is 20.9 Å². The maximum absolute atomic E-state index is 14.1. The van der Waals surface area contributed by atoms with Crippen molar-refractivity contribution in [1.82, 2.24) is 4.57 Å². The van der Waals surface area contributed by atoms with Gasteiger partial charge in [-0.05, 0) is 89.3 Å². The summed E-state index contributed by atoms with van der Waals surface area (Å²) in [7, 11) is 0. The zero-order valence-electron chi connectivity index (χ0n) is 20.5. The molecular weight excluding hydrogens is 412 g/mol. The Kier molecular flexibility index (Phi) is 6.35. The number of nitrogens with zero attached hydrogens (tertiary/aromatic N) is 2. The molecule has 0 aliphatic heterocycles. The first kappa shape index (κ1) is 22.8. The summed E-state index contributed by atoms with van der Waals surface area (Å²) in [5, 5.41) is 0.589. The number of aryl methyl sites for hydroxylation is 6. The number of hydrogen-bond donors (Lipinski definition) is 0. The van der Waals surface area contributed by atoms with Crippen molar-refractivity contribution in [3.05, 3.63) is 75.9 Å². The monoisotopic (exact) mass is 447 g/mol. The first-order chi connectivity index (χ1) is 15.2. The van der Waals surface area contributed by atoms with Crippen LogP contribution in [0.4, 0.5) is 0 Å². The normalized spacial score (nSPS) is 18.3. The first-order valence-corrected chi connectivity index (χ1v) is 12.9. The Morgan fingerprint density at radius 2 is 1.47 bits per heavy atom. The fourth-order valence-corrected chi connectivity index (χ4v) is 6.47. The highest BCUT2D eigenvalue weighted by Crippen LogP contribution is 2.35. The predicted octanol–water partition coefficient (Wildman–Crippen LogP) is 6.32. The second-order valence-corrected chi connectivity index (χ2v) is 10.7. The van der Waals surface area contributed by atoms with Gasteiger partial charge in [0.1, 0.15) is 23.8 Å². The van der Waals surface area contributed by atoms with E-state index < -0.39 is 0 Å². The van der Waals surface area contributed by atoms with Crippen molar-refractivity contribution in [3.63, 3.8) is 0 Å². The Hall–Kier alpha value is -2.33. The SMILES string of the molecule is CS[C@@H]1CC[C@H](C(=O)c2n(-c3c(C)cc(C)cc3C)cc[n+]2-c2c(C)cc(C)cc2C)C1. The summed E-state index contributed by atoms with van der Waals surface area (Å²) in [6.45, 7) is 12.9. The van der Waals surface area contributed by atoms with Crippen LogP contribution in [-0.2, 0) is 0 Å². The van der Waals surface area contributed by atoms with E-state index in [0.717, 1.165) is 36.5 Å². The largest absolute Gasteiger partial charge is 0.336 e. The molecule has 1 aromatic heterocycles. The van der Waals surface area contributed by atoms with E-state index >= 15 is 0 Å². The maximum atomic E-state index is 14.1. The van der Waals surface area contributed by atoms with Crippen LogP contribution in [0.3, 0.4) is 0 Å². The van der Waals surface area contributed by atoms with Gasteiger partial charge in [-0.15, -0.1) is 0 Å². The van der Waals surface area contributed by atoms with Crippen LogP contribution in [0.25, 0.3) is 11.4 Å². The Morgan fingerprint density at radius 1 is 0.906 bits per heavy atom. The molecule has 0 amide bonds. The molecule has 0 spiro atoms. The van der Waals surface area contributed by atoms with Crippen molar-refractivity contribution in [1.29, 1.82) is 0 Å². The standard InChI is InChI=1S/C28H35N2OS/c1-17-12-19(3)25(20(4)13-17)29-10-11-30(26-21(5)14-18(2)15-22(26)6)28(29)27(31)23-8-9-24(16-23)32-7/h10-15,23-24H,8-9,16H2,1-7H3/q+1/t23-,24+/m0/s1. The quantitative estimate of drug-likeness (QED) is 0.338.